The van der Waals surface area contributed by atoms with Crippen LogP contribution in [0.15, 0.2) is 108 Å². The first-order valence-electron chi connectivity index (χ1n) is 14.0. The third-order valence-corrected chi connectivity index (χ3v) is 9.17. The number of halogens is 3. The van der Waals surface area contributed by atoms with E-state index in [2.05, 4.69) is 5.32 Å². The van der Waals surface area contributed by atoms with Crippen LogP contribution in [0, 0.1) is 5.82 Å². The number of carbonyl (C=O) groups excluding carboxylic acids is 2. The van der Waals surface area contributed by atoms with Gasteiger partial charge >= 0.3 is 0 Å². The fourth-order valence-electron chi connectivity index (χ4n) is 4.62. The first-order chi connectivity index (χ1) is 21.1. The maximum Gasteiger partial charge on any atom is 0.264 e. The molecule has 0 aliphatic heterocycles. The molecule has 230 valence electrons. The van der Waals surface area contributed by atoms with Crippen LogP contribution >= 0.6 is 23.2 Å². The number of nitrogens with one attached hydrogen (secondary N) is 1. The van der Waals surface area contributed by atoms with Crippen LogP contribution in [-0.4, -0.2) is 44.3 Å². The average Bonchev–Trinajstić information content (AvgIpc) is 3.01. The Labute approximate surface area is 267 Å². The lowest BCUT2D eigenvalue weighted by atomic mass is 10.0. The minimum atomic E-state index is -4.32. The topological polar surface area (TPSA) is 86.8 Å². The molecule has 0 fully saturated rings. The standard InChI is InChI=1S/C33H32Cl2FN3O4S/c1-2-19-37-33(41)31(20-24-9-4-3-5-10-24)38(22-25-11-6-7-14-30(25)36)32(40)23-39(28-13-8-12-27(35)21-28)44(42,43)29-17-15-26(34)16-18-29/h3-18,21,31H,2,19-20,22-23H2,1H3,(H,37,41)/t31-/m1/s1. The number of hydrogen-bond donors (Lipinski definition) is 1. The molecule has 0 aliphatic carbocycles. The van der Waals surface area contributed by atoms with Crippen molar-refractivity contribution in [3.8, 4) is 0 Å². The van der Waals surface area contributed by atoms with Gasteiger partial charge in [-0.25, -0.2) is 12.8 Å². The van der Waals surface area contributed by atoms with Crippen molar-refractivity contribution in [3.63, 3.8) is 0 Å². The van der Waals surface area contributed by atoms with Crippen molar-refractivity contribution >= 4 is 50.7 Å². The zero-order valence-corrected chi connectivity index (χ0v) is 26.3. The number of carbonyl (C=O) groups is 2. The van der Waals surface area contributed by atoms with E-state index in [-0.39, 0.29) is 34.1 Å². The predicted octanol–water partition coefficient (Wildman–Crippen LogP) is 6.49. The molecule has 11 heteroatoms. The third-order valence-electron chi connectivity index (χ3n) is 6.90. The normalized spacial score (nSPS) is 11.9. The van der Waals surface area contributed by atoms with E-state index in [1.807, 2.05) is 37.3 Å². The highest BCUT2D eigenvalue weighted by atomic mass is 35.5. The summed E-state index contributed by atoms with van der Waals surface area (Å²) < 4.78 is 43.9. The van der Waals surface area contributed by atoms with E-state index < -0.39 is 40.2 Å². The van der Waals surface area contributed by atoms with Crippen molar-refractivity contribution in [1.29, 1.82) is 0 Å². The highest BCUT2D eigenvalue weighted by Gasteiger charge is 2.35. The summed E-state index contributed by atoms with van der Waals surface area (Å²) in [6.45, 7) is 1.31. The fraction of sp³-hybridized carbons (Fsp3) is 0.212. The average molecular weight is 657 g/mol. The number of sulfonamides is 1. The van der Waals surface area contributed by atoms with Gasteiger partial charge < -0.3 is 10.2 Å². The van der Waals surface area contributed by atoms with Gasteiger partial charge in [-0.05, 0) is 60.5 Å². The molecule has 1 N–H and O–H groups in total. The first kappa shape index (κ1) is 33.0. The highest BCUT2D eigenvalue weighted by Crippen LogP contribution is 2.28. The Morgan fingerprint density at radius 2 is 1.55 bits per heavy atom. The van der Waals surface area contributed by atoms with E-state index in [0.717, 1.165) is 9.87 Å². The van der Waals surface area contributed by atoms with Crippen molar-refractivity contribution < 1.29 is 22.4 Å². The van der Waals surface area contributed by atoms with Crippen molar-refractivity contribution in [2.24, 2.45) is 0 Å². The number of amides is 2. The molecular weight excluding hydrogens is 624 g/mol. The molecule has 7 nitrogen and oxygen atoms in total. The third kappa shape index (κ3) is 8.37. The summed E-state index contributed by atoms with van der Waals surface area (Å²) >= 11 is 12.2. The Kier molecular flexibility index (Phi) is 11.4. The molecule has 44 heavy (non-hydrogen) atoms. The molecule has 4 rings (SSSR count). The van der Waals surface area contributed by atoms with Crippen molar-refractivity contribution in [2.75, 3.05) is 17.4 Å². The molecule has 0 saturated carbocycles. The van der Waals surface area contributed by atoms with Gasteiger partial charge in [0, 0.05) is 35.1 Å². The second-order valence-corrected chi connectivity index (χ2v) is 12.8. The van der Waals surface area contributed by atoms with Crippen molar-refractivity contribution in [3.05, 3.63) is 130 Å². The second-order valence-electron chi connectivity index (χ2n) is 10.1. The molecule has 0 spiro atoms. The number of rotatable bonds is 13. The van der Waals surface area contributed by atoms with E-state index >= 15 is 0 Å². The highest BCUT2D eigenvalue weighted by molar-refractivity contribution is 7.92. The minimum Gasteiger partial charge on any atom is -0.354 e. The maximum absolute atomic E-state index is 15.0. The summed E-state index contributed by atoms with van der Waals surface area (Å²) in [6.07, 6.45) is 0.782. The number of anilines is 1. The van der Waals surface area contributed by atoms with Crippen LogP contribution in [0.5, 0.6) is 0 Å². The smallest absolute Gasteiger partial charge is 0.264 e. The van der Waals surface area contributed by atoms with Gasteiger partial charge in [0.25, 0.3) is 10.0 Å². The Hall–Kier alpha value is -3.92. The van der Waals surface area contributed by atoms with Crippen LogP contribution < -0.4 is 9.62 Å². The van der Waals surface area contributed by atoms with Crippen LogP contribution in [0.3, 0.4) is 0 Å². The monoisotopic (exact) mass is 655 g/mol. The minimum absolute atomic E-state index is 0.100. The van der Waals surface area contributed by atoms with Crippen molar-refractivity contribution in [2.45, 2.75) is 37.2 Å². The lowest BCUT2D eigenvalue weighted by Gasteiger charge is -2.34. The summed E-state index contributed by atoms with van der Waals surface area (Å²) in [5.74, 6) is -1.70. The maximum atomic E-state index is 15.0. The molecule has 4 aromatic rings. The van der Waals surface area contributed by atoms with Crippen LogP contribution in [0.1, 0.15) is 24.5 Å². The quantitative estimate of drug-likeness (QED) is 0.178. The first-order valence-corrected chi connectivity index (χ1v) is 16.2. The van der Waals surface area contributed by atoms with Gasteiger partial charge in [0.2, 0.25) is 11.8 Å². The van der Waals surface area contributed by atoms with Gasteiger partial charge in [0.05, 0.1) is 10.6 Å². The molecule has 1 atom stereocenters. The number of hydrogen-bond acceptors (Lipinski definition) is 4. The van der Waals surface area contributed by atoms with Gasteiger partial charge in [-0.2, -0.15) is 0 Å². The second kappa shape index (κ2) is 15.2. The lowest BCUT2D eigenvalue weighted by Crippen LogP contribution is -2.53. The predicted molar refractivity (Wildman–Crippen MR) is 172 cm³/mol. The molecular formula is C33H32Cl2FN3O4S. The summed E-state index contributed by atoms with van der Waals surface area (Å²) in [6, 6.07) is 25.7. The van der Waals surface area contributed by atoms with Crippen LogP contribution in [0.4, 0.5) is 10.1 Å². The van der Waals surface area contributed by atoms with Gasteiger partial charge in [-0.1, -0.05) is 84.7 Å². The summed E-state index contributed by atoms with van der Waals surface area (Å²) in [7, 11) is -4.32. The van der Waals surface area contributed by atoms with E-state index in [1.54, 1.807) is 18.2 Å². The summed E-state index contributed by atoms with van der Waals surface area (Å²) in [4.78, 5) is 29.1. The zero-order valence-electron chi connectivity index (χ0n) is 24.0. The molecule has 0 radical (unpaired) electrons. The Morgan fingerprint density at radius 3 is 2.20 bits per heavy atom. The van der Waals surface area contributed by atoms with Crippen LogP contribution in [-0.2, 0) is 32.6 Å². The SMILES string of the molecule is CCCNC(=O)[C@@H](Cc1ccccc1)N(Cc1ccccc1F)C(=O)CN(c1cccc(Cl)c1)S(=O)(=O)c1ccc(Cl)cc1. The van der Waals surface area contributed by atoms with Gasteiger partial charge in [-0.3, -0.25) is 13.9 Å². The van der Waals surface area contributed by atoms with E-state index in [1.165, 1.54) is 59.5 Å². The Morgan fingerprint density at radius 1 is 0.864 bits per heavy atom. The van der Waals surface area contributed by atoms with Crippen LogP contribution in [0.25, 0.3) is 0 Å². The Balaban J connectivity index is 1.80. The van der Waals surface area contributed by atoms with Crippen molar-refractivity contribution in [1.82, 2.24) is 10.2 Å². The molecule has 4 aromatic carbocycles. The number of benzene rings is 4. The van der Waals surface area contributed by atoms with E-state index in [0.29, 0.717) is 18.0 Å². The molecule has 0 saturated heterocycles. The van der Waals surface area contributed by atoms with E-state index in [4.69, 9.17) is 23.2 Å². The summed E-state index contributed by atoms with van der Waals surface area (Å²) in [5.41, 5.74) is 1.09. The van der Waals surface area contributed by atoms with Crippen LogP contribution in [0.2, 0.25) is 10.0 Å². The van der Waals surface area contributed by atoms with Gasteiger partial charge in [-0.15, -0.1) is 0 Å². The van der Waals surface area contributed by atoms with Gasteiger partial charge in [0.1, 0.15) is 18.4 Å². The zero-order chi connectivity index (χ0) is 31.7. The molecule has 2 amide bonds. The lowest BCUT2D eigenvalue weighted by molar-refractivity contribution is -0.140. The molecule has 0 heterocycles. The fourth-order valence-corrected chi connectivity index (χ4v) is 6.34. The molecule has 0 bridgehead atoms. The summed E-state index contributed by atoms with van der Waals surface area (Å²) in [5, 5.41) is 3.45. The Bertz CT molecular complexity index is 1690. The molecule has 0 unspecified atom stereocenters. The molecule has 0 aromatic heterocycles. The molecule has 0 aliphatic rings. The number of nitrogens with zero attached hydrogens (tertiary/aromatic N) is 2. The largest absolute Gasteiger partial charge is 0.354 e. The van der Waals surface area contributed by atoms with Gasteiger partial charge in [0.15, 0.2) is 0 Å². The van der Waals surface area contributed by atoms with E-state index in [9.17, 15) is 22.4 Å².